The summed E-state index contributed by atoms with van der Waals surface area (Å²) in [6, 6.07) is 0. The largest absolute Gasteiger partial charge is 0.396 e. The lowest BCUT2D eigenvalue weighted by Crippen LogP contribution is -2.30. The molecule has 0 heterocycles. The summed E-state index contributed by atoms with van der Waals surface area (Å²) in [6.45, 7) is 0.0419. The quantitative estimate of drug-likeness (QED) is 0.425. The van der Waals surface area contributed by atoms with Gasteiger partial charge in [0.25, 0.3) is 0 Å². The molecule has 1 aliphatic rings. The van der Waals surface area contributed by atoms with Crippen LogP contribution in [0.1, 0.15) is 6.42 Å². The Bertz CT molecular complexity index is 133. The van der Waals surface area contributed by atoms with Crippen LogP contribution in [0.15, 0.2) is 12.2 Å². The molecule has 58 valence electrons. The highest BCUT2D eigenvalue weighted by molar-refractivity contribution is 5.02. The Hall–Kier alpha value is -0.380. The van der Waals surface area contributed by atoms with Gasteiger partial charge in [-0.2, -0.15) is 0 Å². The number of hydrogen-bond donors (Lipinski definition) is 3. The van der Waals surface area contributed by atoms with Crippen LogP contribution in [0, 0.1) is 5.92 Å². The molecular formula is C7H12O3. The molecule has 0 aromatic rings. The molecule has 3 N–H and O–H groups in total. The van der Waals surface area contributed by atoms with Gasteiger partial charge in [0, 0.05) is 12.5 Å². The zero-order chi connectivity index (χ0) is 7.56. The van der Waals surface area contributed by atoms with Crippen LogP contribution in [0.5, 0.6) is 0 Å². The molecule has 3 unspecified atom stereocenters. The van der Waals surface area contributed by atoms with E-state index in [1.807, 2.05) is 0 Å². The maximum absolute atomic E-state index is 9.07. The van der Waals surface area contributed by atoms with Crippen molar-refractivity contribution in [3.63, 3.8) is 0 Å². The van der Waals surface area contributed by atoms with Crippen molar-refractivity contribution in [1.29, 1.82) is 0 Å². The van der Waals surface area contributed by atoms with Crippen molar-refractivity contribution in [3.05, 3.63) is 12.2 Å². The van der Waals surface area contributed by atoms with Gasteiger partial charge in [0.2, 0.25) is 0 Å². The fraction of sp³-hybridized carbons (Fsp3) is 0.714. The number of rotatable bonds is 1. The molecule has 3 atom stereocenters. The molecule has 3 nitrogen and oxygen atoms in total. The predicted octanol–water partition coefficient (Wildman–Crippen LogP) is -0.723. The van der Waals surface area contributed by atoms with E-state index >= 15 is 0 Å². The zero-order valence-electron chi connectivity index (χ0n) is 5.64. The first-order valence-electron chi connectivity index (χ1n) is 3.39. The first kappa shape index (κ1) is 7.72. The highest BCUT2D eigenvalue weighted by Crippen LogP contribution is 2.17. The molecule has 0 radical (unpaired) electrons. The Morgan fingerprint density at radius 3 is 2.50 bits per heavy atom. The van der Waals surface area contributed by atoms with Gasteiger partial charge in [-0.15, -0.1) is 0 Å². The van der Waals surface area contributed by atoms with Crippen LogP contribution in [0.2, 0.25) is 0 Å². The van der Waals surface area contributed by atoms with Gasteiger partial charge in [0.05, 0.1) is 12.2 Å². The number of aliphatic hydroxyl groups is 3. The first-order valence-corrected chi connectivity index (χ1v) is 3.39. The summed E-state index contributed by atoms with van der Waals surface area (Å²) in [5.41, 5.74) is 0. The second-order valence-corrected chi connectivity index (χ2v) is 2.62. The molecule has 0 spiro atoms. The van der Waals surface area contributed by atoms with Gasteiger partial charge in [-0.3, -0.25) is 0 Å². The van der Waals surface area contributed by atoms with Gasteiger partial charge in [-0.25, -0.2) is 0 Å². The number of hydrogen-bond acceptors (Lipinski definition) is 3. The normalized spacial score (nSPS) is 40.1. The predicted molar refractivity (Wildman–Crippen MR) is 36.3 cm³/mol. The van der Waals surface area contributed by atoms with Crippen LogP contribution >= 0.6 is 0 Å². The van der Waals surface area contributed by atoms with E-state index in [0.29, 0.717) is 6.42 Å². The van der Waals surface area contributed by atoms with Crippen molar-refractivity contribution in [3.8, 4) is 0 Å². The maximum atomic E-state index is 9.07. The first-order chi connectivity index (χ1) is 4.74. The molecule has 0 aliphatic heterocycles. The lowest BCUT2D eigenvalue weighted by molar-refractivity contribution is 0.0224. The summed E-state index contributed by atoms with van der Waals surface area (Å²) in [5.74, 6) is 0.0124. The van der Waals surface area contributed by atoms with E-state index in [9.17, 15) is 0 Å². The minimum atomic E-state index is -0.747. The molecule has 0 amide bonds. The number of aliphatic hydroxyl groups excluding tert-OH is 3. The van der Waals surface area contributed by atoms with E-state index in [-0.39, 0.29) is 12.5 Å². The average molecular weight is 144 g/mol. The molecule has 0 saturated heterocycles. The van der Waals surface area contributed by atoms with Crippen molar-refractivity contribution in [2.45, 2.75) is 18.6 Å². The van der Waals surface area contributed by atoms with Crippen LogP contribution in [-0.2, 0) is 0 Å². The Labute approximate surface area is 59.6 Å². The fourth-order valence-corrected chi connectivity index (χ4v) is 1.06. The Morgan fingerprint density at radius 2 is 2.00 bits per heavy atom. The van der Waals surface area contributed by atoms with Crippen molar-refractivity contribution in [2.75, 3.05) is 6.61 Å². The smallest absolute Gasteiger partial charge is 0.0980 e. The monoisotopic (exact) mass is 144 g/mol. The SMILES string of the molecule is OCC1C=CC(O)C(O)C1. The third kappa shape index (κ3) is 1.56. The maximum Gasteiger partial charge on any atom is 0.0980 e. The van der Waals surface area contributed by atoms with Crippen LogP contribution in [-0.4, -0.2) is 34.1 Å². The minimum Gasteiger partial charge on any atom is -0.396 e. The average Bonchev–Trinajstić information content (AvgIpc) is 1.95. The molecule has 10 heavy (non-hydrogen) atoms. The molecule has 1 aliphatic carbocycles. The summed E-state index contributed by atoms with van der Waals surface area (Å²) < 4.78 is 0. The summed E-state index contributed by atoms with van der Waals surface area (Å²) in [6.07, 6.45) is 2.26. The van der Waals surface area contributed by atoms with Crippen LogP contribution in [0.4, 0.5) is 0 Å². The highest BCUT2D eigenvalue weighted by atomic mass is 16.3. The van der Waals surface area contributed by atoms with Crippen LogP contribution in [0.25, 0.3) is 0 Å². The molecular weight excluding hydrogens is 132 g/mol. The van der Waals surface area contributed by atoms with Crippen molar-refractivity contribution >= 4 is 0 Å². The molecule has 1 rings (SSSR count). The summed E-state index contributed by atoms with van der Waals surface area (Å²) >= 11 is 0. The molecule has 0 aromatic carbocycles. The highest BCUT2D eigenvalue weighted by Gasteiger charge is 2.21. The minimum absolute atomic E-state index is 0.0124. The van der Waals surface area contributed by atoms with Gasteiger partial charge < -0.3 is 15.3 Å². The van der Waals surface area contributed by atoms with E-state index in [4.69, 9.17) is 15.3 Å². The Morgan fingerprint density at radius 1 is 1.30 bits per heavy atom. The molecule has 0 fully saturated rings. The van der Waals surface area contributed by atoms with Gasteiger partial charge in [-0.1, -0.05) is 12.2 Å². The standard InChI is InChI=1S/C7H12O3/c8-4-5-1-2-6(9)7(10)3-5/h1-2,5-10H,3-4H2. The van der Waals surface area contributed by atoms with Crippen molar-refractivity contribution < 1.29 is 15.3 Å². The van der Waals surface area contributed by atoms with Crippen molar-refractivity contribution in [1.82, 2.24) is 0 Å². The molecule has 3 heteroatoms. The zero-order valence-corrected chi connectivity index (χ0v) is 5.64. The summed E-state index contributed by atoms with van der Waals surface area (Å²) in [4.78, 5) is 0. The van der Waals surface area contributed by atoms with Crippen LogP contribution < -0.4 is 0 Å². The van der Waals surface area contributed by atoms with Gasteiger partial charge in [0.15, 0.2) is 0 Å². The topological polar surface area (TPSA) is 60.7 Å². The molecule has 0 aromatic heterocycles. The van der Waals surface area contributed by atoms with Gasteiger partial charge in [-0.05, 0) is 6.42 Å². The molecule has 0 bridgehead atoms. The van der Waals surface area contributed by atoms with Gasteiger partial charge in [0.1, 0.15) is 0 Å². The van der Waals surface area contributed by atoms with E-state index in [1.54, 1.807) is 6.08 Å². The molecule has 0 saturated carbocycles. The van der Waals surface area contributed by atoms with E-state index < -0.39 is 12.2 Å². The van der Waals surface area contributed by atoms with Crippen molar-refractivity contribution in [2.24, 2.45) is 5.92 Å². The summed E-state index contributed by atoms with van der Waals surface area (Å²) in [7, 11) is 0. The van der Waals surface area contributed by atoms with E-state index in [2.05, 4.69) is 0 Å². The van der Waals surface area contributed by atoms with Crippen LogP contribution in [0.3, 0.4) is 0 Å². The van der Waals surface area contributed by atoms with E-state index in [1.165, 1.54) is 6.08 Å². The fourth-order valence-electron chi connectivity index (χ4n) is 1.06. The summed E-state index contributed by atoms with van der Waals surface area (Å²) in [5, 5.41) is 26.7. The second-order valence-electron chi connectivity index (χ2n) is 2.62. The van der Waals surface area contributed by atoms with E-state index in [0.717, 1.165) is 0 Å². The Balaban J connectivity index is 2.51. The van der Waals surface area contributed by atoms with Gasteiger partial charge >= 0.3 is 0 Å². The second kappa shape index (κ2) is 3.14. The Kier molecular flexibility index (Phi) is 2.43. The third-order valence-corrected chi connectivity index (χ3v) is 1.75. The third-order valence-electron chi connectivity index (χ3n) is 1.75. The lowest BCUT2D eigenvalue weighted by Gasteiger charge is -2.23. The lowest BCUT2D eigenvalue weighted by atomic mass is 9.93.